The summed E-state index contributed by atoms with van der Waals surface area (Å²) in [6.45, 7) is 2.55. The molecule has 1 fully saturated rings. The van der Waals surface area contributed by atoms with Crippen LogP contribution in [0.5, 0.6) is 11.5 Å². The zero-order chi connectivity index (χ0) is 24.3. The van der Waals surface area contributed by atoms with Gasteiger partial charge in [0.1, 0.15) is 23.4 Å². The molecule has 1 unspecified atom stereocenters. The van der Waals surface area contributed by atoms with Crippen LogP contribution in [0.2, 0.25) is 0 Å². The van der Waals surface area contributed by atoms with Crippen LogP contribution < -0.4 is 14.8 Å². The van der Waals surface area contributed by atoms with E-state index in [2.05, 4.69) is 5.32 Å². The fourth-order valence-electron chi connectivity index (χ4n) is 4.30. The summed E-state index contributed by atoms with van der Waals surface area (Å²) in [7, 11) is 1.61. The molecule has 6 nitrogen and oxygen atoms in total. The summed E-state index contributed by atoms with van der Waals surface area (Å²) in [5.41, 5.74) is 0.788. The Kier molecular flexibility index (Phi) is 9.74. The molecule has 0 heterocycles. The minimum Gasteiger partial charge on any atom is -0.497 e. The van der Waals surface area contributed by atoms with E-state index in [9.17, 15) is 14.0 Å². The number of hydrogen-bond donors (Lipinski definition) is 1. The normalized spacial score (nSPS) is 14.4. The van der Waals surface area contributed by atoms with E-state index < -0.39 is 6.04 Å². The first kappa shape index (κ1) is 25.5. The fraction of sp³-hybridized carbons (Fsp3) is 0.481. The summed E-state index contributed by atoms with van der Waals surface area (Å²) < 4.78 is 24.3. The third-order valence-corrected chi connectivity index (χ3v) is 6.22. The van der Waals surface area contributed by atoms with Gasteiger partial charge in [-0.05, 0) is 67.6 Å². The maximum atomic E-state index is 13.4. The van der Waals surface area contributed by atoms with Gasteiger partial charge in [0.2, 0.25) is 11.8 Å². The molecule has 2 aromatic rings. The van der Waals surface area contributed by atoms with Crippen LogP contribution in [-0.2, 0) is 16.1 Å². The van der Waals surface area contributed by atoms with Gasteiger partial charge in [0, 0.05) is 19.0 Å². The number of carbonyl (C=O) groups excluding carboxylic acids is 2. The average molecular weight is 471 g/mol. The summed E-state index contributed by atoms with van der Waals surface area (Å²) in [6, 6.07) is 13.0. The number of benzene rings is 2. The summed E-state index contributed by atoms with van der Waals surface area (Å²) in [5, 5.41) is 3.13. The van der Waals surface area contributed by atoms with Crippen molar-refractivity contribution < 1.29 is 23.5 Å². The van der Waals surface area contributed by atoms with Crippen LogP contribution in [0.3, 0.4) is 0 Å². The first-order chi connectivity index (χ1) is 16.5. The largest absolute Gasteiger partial charge is 0.497 e. The average Bonchev–Trinajstić information content (AvgIpc) is 3.36. The van der Waals surface area contributed by atoms with Crippen LogP contribution in [0.4, 0.5) is 4.39 Å². The number of nitrogens with zero attached hydrogens (tertiary/aromatic N) is 1. The molecule has 34 heavy (non-hydrogen) atoms. The van der Waals surface area contributed by atoms with Crippen molar-refractivity contribution in [2.75, 3.05) is 13.7 Å². The topological polar surface area (TPSA) is 67.9 Å². The van der Waals surface area contributed by atoms with Crippen LogP contribution in [0.1, 0.15) is 57.4 Å². The van der Waals surface area contributed by atoms with Gasteiger partial charge < -0.3 is 19.7 Å². The lowest BCUT2D eigenvalue weighted by molar-refractivity contribution is -0.141. The predicted molar refractivity (Wildman–Crippen MR) is 129 cm³/mol. The van der Waals surface area contributed by atoms with E-state index in [4.69, 9.17) is 9.47 Å². The van der Waals surface area contributed by atoms with Gasteiger partial charge in [-0.2, -0.15) is 0 Å². The van der Waals surface area contributed by atoms with Gasteiger partial charge in [0.25, 0.3) is 0 Å². The van der Waals surface area contributed by atoms with E-state index in [1.165, 1.54) is 12.1 Å². The number of amides is 2. The van der Waals surface area contributed by atoms with E-state index in [0.717, 1.165) is 37.0 Å². The highest BCUT2D eigenvalue weighted by Crippen LogP contribution is 2.20. The molecule has 0 aromatic heterocycles. The quantitative estimate of drug-likeness (QED) is 0.450. The zero-order valence-corrected chi connectivity index (χ0v) is 20.1. The predicted octanol–water partition coefficient (Wildman–Crippen LogP) is 4.86. The minimum absolute atomic E-state index is 0.112. The zero-order valence-electron chi connectivity index (χ0n) is 20.1. The first-order valence-corrected chi connectivity index (χ1v) is 12.1. The summed E-state index contributed by atoms with van der Waals surface area (Å²) in [5.74, 6) is 0.901. The van der Waals surface area contributed by atoms with Crippen molar-refractivity contribution in [1.82, 2.24) is 10.2 Å². The minimum atomic E-state index is -0.569. The smallest absolute Gasteiger partial charge is 0.243 e. The molecule has 0 aliphatic heterocycles. The molecule has 1 aliphatic rings. The van der Waals surface area contributed by atoms with Crippen LogP contribution >= 0.6 is 0 Å². The van der Waals surface area contributed by atoms with E-state index in [0.29, 0.717) is 25.2 Å². The van der Waals surface area contributed by atoms with Crippen molar-refractivity contribution in [3.63, 3.8) is 0 Å². The molecule has 0 spiro atoms. The molecule has 0 radical (unpaired) electrons. The number of ether oxygens (including phenoxy) is 2. The van der Waals surface area contributed by atoms with Crippen LogP contribution in [-0.4, -0.2) is 42.5 Å². The molecule has 0 bridgehead atoms. The molecule has 2 aromatic carbocycles. The standard InChI is InChI=1S/C27H35FN2O4/c1-3-25(27(32)29-22-7-4-5-8-22)30(19-20-10-12-21(28)13-11-20)26(31)9-6-18-34-24-16-14-23(33-2)15-17-24/h10-17,22,25H,3-9,18-19H2,1-2H3,(H,29,32). The lowest BCUT2D eigenvalue weighted by atomic mass is 10.1. The van der Waals surface area contributed by atoms with Gasteiger partial charge >= 0.3 is 0 Å². The Morgan fingerprint density at radius 3 is 2.32 bits per heavy atom. The number of hydrogen-bond acceptors (Lipinski definition) is 4. The van der Waals surface area contributed by atoms with Crippen molar-refractivity contribution in [1.29, 1.82) is 0 Å². The number of nitrogens with one attached hydrogen (secondary N) is 1. The SMILES string of the molecule is CCC(C(=O)NC1CCCC1)N(Cc1ccc(F)cc1)C(=O)CCCOc1ccc(OC)cc1. The van der Waals surface area contributed by atoms with Crippen LogP contribution in [0.15, 0.2) is 48.5 Å². The Balaban J connectivity index is 1.62. The Bertz CT molecular complexity index is 911. The third kappa shape index (κ3) is 7.47. The maximum absolute atomic E-state index is 13.4. The highest BCUT2D eigenvalue weighted by molar-refractivity contribution is 5.87. The monoisotopic (exact) mass is 470 g/mol. The molecular weight excluding hydrogens is 435 g/mol. The molecular formula is C27H35FN2O4. The lowest BCUT2D eigenvalue weighted by Crippen LogP contribution is -2.50. The Hall–Kier alpha value is -3.09. The van der Waals surface area contributed by atoms with Crippen LogP contribution in [0.25, 0.3) is 0 Å². The second-order valence-electron chi connectivity index (χ2n) is 8.69. The van der Waals surface area contributed by atoms with Gasteiger partial charge in [-0.15, -0.1) is 0 Å². The Morgan fingerprint density at radius 1 is 1.06 bits per heavy atom. The van der Waals surface area contributed by atoms with Gasteiger partial charge in [-0.1, -0.05) is 31.9 Å². The second kappa shape index (κ2) is 13.0. The van der Waals surface area contributed by atoms with E-state index in [1.807, 2.05) is 31.2 Å². The number of carbonyl (C=O) groups is 2. The van der Waals surface area contributed by atoms with Gasteiger partial charge in [0.15, 0.2) is 0 Å². The summed E-state index contributed by atoms with van der Waals surface area (Å²) in [4.78, 5) is 28.0. The van der Waals surface area contributed by atoms with Crippen molar-refractivity contribution in [3.8, 4) is 11.5 Å². The van der Waals surface area contributed by atoms with Gasteiger partial charge in [-0.3, -0.25) is 9.59 Å². The van der Waals surface area contributed by atoms with Crippen molar-refractivity contribution in [2.45, 2.75) is 70.5 Å². The van der Waals surface area contributed by atoms with E-state index >= 15 is 0 Å². The molecule has 1 atom stereocenters. The lowest BCUT2D eigenvalue weighted by Gasteiger charge is -2.31. The van der Waals surface area contributed by atoms with Gasteiger partial charge in [0.05, 0.1) is 13.7 Å². The van der Waals surface area contributed by atoms with Crippen molar-refractivity contribution >= 4 is 11.8 Å². The van der Waals surface area contributed by atoms with Crippen molar-refractivity contribution in [2.24, 2.45) is 0 Å². The number of halogens is 1. The summed E-state index contributed by atoms with van der Waals surface area (Å²) >= 11 is 0. The Morgan fingerprint density at radius 2 is 1.71 bits per heavy atom. The van der Waals surface area contributed by atoms with E-state index in [-0.39, 0.29) is 36.6 Å². The summed E-state index contributed by atoms with van der Waals surface area (Å²) in [6.07, 6.45) is 5.49. The maximum Gasteiger partial charge on any atom is 0.243 e. The van der Waals surface area contributed by atoms with Crippen molar-refractivity contribution in [3.05, 3.63) is 59.9 Å². The van der Waals surface area contributed by atoms with Gasteiger partial charge in [-0.25, -0.2) is 4.39 Å². The number of methoxy groups -OCH3 is 1. The molecule has 2 amide bonds. The molecule has 1 aliphatic carbocycles. The fourth-order valence-corrected chi connectivity index (χ4v) is 4.30. The molecule has 184 valence electrons. The highest BCUT2D eigenvalue weighted by atomic mass is 19.1. The third-order valence-electron chi connectivity index (χ3n) is 6.22. The second-order valence-corrected chi connectivity index (χ2v) is 8.69. The van der Waals surface area contributed by atoms with Crippen LogP contribution in [0, 0.1) is 5.82 Å². The highest BCUT2D eigenvalue weighted by Gasteiger charge is 2.30. The molecule has 3 rings (SSSR count). The molecule has 0 saturated heterocycles. The molecule has 7 heteroatoms. The number of rotatable bonds is 12. The first-order valence-electron chi connectivity index (χ1n) is 12.1. The molecule has 1 saturated carbocycles. The molecule has 1 N–H and O–H groups in total. The van der Waals surface area contributed by atoms with E-state index in [1.54, 1.807) is 24.1 Å². The Labute approximate surface area is 201 Å².